The number of nitrogens with one attached hydrogen (secondary N) is 3. The molecule has 6 rings (SSSR count). The van der Waals surface area contributed by atoms with E-state index in [-0.39, 0.29) is 37.3 Å². The van der Waals surface area contributed by atoms with Gasteiger partial charge in [-0.1, -0.05) is 38.1 Å². The number of ether oxygens (including phenoxy) is 2. The molecule has 3 aromatic rings. The van der Waals surface area contributed by atoms with E-state index < -0.39 is 41.9 Å². The van der Waals surface area contributed by atoms with Crippen LogP contribution in [0.25, 0.3) is 10.9 Å². The molecule has 1 aromatic heterocycles. The third-order valence-electron chi connectivity index (χ3n) is 9.01. The lowest BCUT2D eigenvalue weighted by Gasteiger charge is -2.31. The van der Waals surface area contributed by atoms with Crippen LogP contribution in [0.15, 0.2) is 54.7 Å². The van der Waals surface area contributed by atoms with Gasteiger partial charge in [-0.05, 0) is 61.1 Å². The van der Waals surface area contributed by atoms with Gasteiger partial charge in [0.05, 0.1) is 7.11 Å². The molecule has 49 heavy (non-hydrogen) atoms. The molecule has 3 N–H and O–H groups in total. The van der Waals surface area contributed by atoms with Crippen molar-refractivity contribution in [1.29, 1.82) is 0 Å². The summed E-state index contributed by atoms with van der Waals surface area (Å²) in [6, 6.07) is 10.7. The van der Waals surface area contributed by atoms with Gasteiger partial charge in [-0.2, -0.15) is 0 Å². The molecule has 2 aromatic carbocycles. The van der Waals surface area contributed by atoms with E-state index in [0.29, 0.717) is 36.4 Å². The lowest BCUT2D eigenvalue weighted by molar-refractivity contribution is -0.143. The number of hydrogen-bond donors (Lipinski definition) is 3. The second-order valence-electron chi connectivity index (χ2n) is 12.9. The fourth-order valence-corrected chi connectivity index (χ4v) is 6.30. The topological polar surface area (TPSA) is 159 Å². The standard InChI is InChI=1S/C36H44N6O7/c1-21(2)31-36(47)42-17-7-9-28(42)34(45)38-22(3)33(44)39-27(18-23-10-13-25(14-11-23)49-20-30(43)40-31)35(46)41(4)19-24-12-15-29(48-5)32-26(24)8-6-16-37-32/h6,8,10-16,21-22,27-28,31H,7,9,17-20H2,1-5H3,(H,38,45)(H,39,44)(H,40,43)/t22-,27-,28+,31-/m0/s1. The van der Waals surface area contributed by atoms with Crippen molar-refractivity contribution in [3.8, 4) is 11.5 Å². The third-order valence-corrected chi connectivity index (χ3v) is 9.01. The van der Waals surface area contributed by atoms with Gasteiger partial charge in [0.25, 0.3) is 5.91 Å². The summed E-state index contributed by atoms with van der Waals surface area (Å²) in [4.78, 5) is 75.0. The molecular weight excluding hydrogens is 628 g/mol. The van der Waals surface area contributed by atoms with E-state index in [4.69, 9.17) is 9.47 Å². The Hall–Kier alpha value is -5.20. The number of carbonyl (C=O) groups is 5. The summed E-state index contributed by atoms with van der Waals surface area (Å²) in [6.07, 6.45) is 2.86. The van der Waals surface area contributed by atoms with Gasteiger partial charge in [0, 0.05) is 38.1 Å². The van der Waals surface area contributed by atoms with Crippen molar-refractivity contribution in [3.05, 3.63) is 65.9 Å². The average molecular weight is 673 g/mol. The predicted octanol–water partition coefficient (Wildman–Crippen LogP) is 1.96. The van der Waals surface area contributed by atoms with Crippen LogP contribution in [-0.2, 0) is 36.9 Å². The fourth-order valence-electron chi connectivity index (χ4n) is 6.30. The minimum Gasteiger partial charge on any atom is -0.494 e. The van der Waals surface area contributed by atoms with E-state index in [1.807, 2.05) is 38.1 Å². The number of nitrogens with zero attached hydrogens (tertiary/aromatic N) is 3. The van der Waals surface area contributed by atoms with Gasteiger partial charge < -0.3 is 35.2 Å². The Labute approximate surface area is 285 Å². The SMILES string of the molecule is COc1ccc(CN(C)C(=O)[C@@H]2Cc3ccc(cc3)OCC(=O)N[C@@H](C(C)C)C(=O)N3CCC[C@@H]3C(=O)N[C@@H](C)C(=O)N2)c2cccnc12. The minimum atomic E-state index is -0.999. The Balaban J connectivity index is 1.41. The molecule has 2 bridgehead atoms. The van der Waals surface area contributed by atoms with Crippen molar-refractivity contribution in [2.24, 2.45) is 5.92 Å². The zero-order valence-corrected chi connectivity index (χ0v) is 28.5. The summed E-state index contributed by atoms with van der Waals surface area (Å²) in [7, 11) is 3.24. The number of likely N-dealkylation sites (N-methyl/N-ethyl adjacent to an activating group) is 1. The molecule has 0 saturated carbocycles. The van der Waals surface area contributed by atoms with Crippen LogP contribution >= 0.6 is 0 Å². The van der Waals surface area contributed by atoms with E-state index in [1.165, 1.54) is 4.90 Å². The smallest absolute Gasteiger partial charge is 0.258 e. The molecule has 13 nitrogen and oxygen atoms in total. The lowest BCUT2D eigenvalue weighted by atomic mass is 10.0. The van der Waals surface area contributed by atoms with E-state index in [0.717, 1.165) is 16.5 Å². The zero-order chi connectivity index (χ0) is 35.2. The minimum absolute atomic E-state index is 0.155. The van der Waals surface area contributed by atoms with Gasteiger partial charge in [0.1, 0.15) is 41.2 Å². The quantitative estimate of drug-likeness (QED) is 0.371. The monoisotopic (exact) mass is 672 g/mol. The number of benzene rings is 2. The molecule has 3 aliphatic rings. The first kappa shape index (κ1) is 35.1. The maximum absolute atomic E-state index is 14.0. The summed E-state index contributed by atoms with van der Waals surface area (Å²) < 4.78 is 11.2. The van der Waals surface area contributed by atoms with Crippen molar-refractivity contribution >= 4 is 40.4 Å². The highest BCUT2D eigenvalue weighted by Gasteiger charge is 2.39. The number of fused-ring (bicyclic) bond motifs is 14. The fraction of sp³-hybridized carbons (Fsp3) is 0.444. The van der Waals surface area contributed by atoms with Crippen molar-refractivity contribution < 1.29 is 33.4 Å². The van der Waals surface area contributed by atoms with Crippen LogP contribution in [0.2, 0.25) is 0 Å². The van der Waals surface area contributed by atoms with Crippen LogP contribution in [0.4, 0.5) is 0 Å². The van der Waals surface area contributed by atoms with Gasteiger partial charge in [0.2, 0.25) is 23.6 Å². The van der Waals surface area contributed by atoms with Crippen molar-refractivity contribution in [2.75, 3.05) is 27.3 Å². The molecular formula is C36H44N6O7. The number of rotatable bonds is 5. The summed E-state index contributed by atoms with van der Waals surface area (Å²) in [6.45, 7) is 5.46. The average Bonchev–Trinajstić information content (AvgIpc) is 3.59. The first-order valence-corrected chi connectivity index (χ1v) is 16.5. The first-order chi connectivity index (χ1) is 23.5. The number of carbonyl (C=O) groups excluding carboxylic acids is 5. The molecule has 1 saturated heterocycles. The van der Waals surface area contributed by atoms with Crippen LogP contribution < -0.4 is 25.4 Å². The van der Waals surface area contributed by atoms with E-state index in [2.05, 4.69) is 20.9 Å². The molecule has 260 valence electrons. The number of aromatic nitrogens is 1. The van der Waals surface area contributed by atoms with Crippen LogP contribution in [0.3, 0.4) is 0 Å². The highest BCUT2D eigenvalue weighted by molar-refractivity contribution is 5.96. The molecule has 5 amide bonds. The number of methoxy groups -OCH3 is 1. The summed E-state index contributed by atoms with van der Waals surface area (Å²) in [5, 5.41) is 9.22. The van der Waals surface area contributed by atoms with Gasteiger partial charge in [-0.3, -0.25) is 29.0 Å². The van der Waals surface area contributed by atoms with Gasteiger partial charge >= 0.3 is 0 Å². The molecule has 0 spiro atoms. The molecule has 13 heteroatoms. The summed E-state index contributed by atoms with van der Waals surface area (Å²) in [5.41, 5.74) is 2.27. The second-order valence-corrected chi connectivity index (χ2v) is 12.9. The Bertz CT molecular complexity index is 1710. The largest absolute Gasteiger partial charge is 0.494 e. The molecule has 0 unspecified atom stereocenters. The van der Waals surface area contributed by atoms with Gasteiger partial charge in [-0.15, -0.1) is 0 Å². The number of hydrogen-bond acceptors (Lipinski definition) is 8. The Kier molecular flexibility index (Phi) is 11.0. The highest BCUT2D eigenvalue weighted by atomic mass is 16.5. The van der Waals surface area contributed by atoms with E-state index >= 15 is 0 Å². The highest BCUT2D eigenvalue weighted by Crippen LogP contribution is 2.27. The third kappa shape index (κ3) is 8.10. The van der Waals surface area contributed by atoms with E-state index in [9.17, 15) is 24.0 Å². The Morgan fingerprint density at radius 1 is 1.04 bits per heavy atom. The molecule has 1 fully saturated rings. The van der Waals surface area contributed by atoms with Crippen LogP contribution in [0.5, 0.6) is 11.5 Å². The first-order valence-electron chi connectivity index (χ1n) is 16.5. The zero-order valence-electron chi connectivity index (χ0n) is 28.5. The normalized spacial score (nSPS) is 22.3. The summed E-state index contributed by atoms with van der Waals surface area (Å²) in [5.74, 6) is -1.38. The van der Waals surface area contributed by atoms with Crippen molar-refractivity contribution in [3.63, 3.8) is 0 Å². The van der Waals surface area contributed by atoms with Gasteiger partial charge in [-0.25, -0.2) is 0 Å². The second kappa shape index (κ2) is 15.3. The van der Waals surface area contributed by atoms with Crippen LogP contribution in [0, 0.1) is 5.92 Å². The Morgan fingerprint density at radius 2 is 1.80 bits per heavy atom. The number of pyridine rings is 1. The van der Waals surface area contributed by atoms with Crippen molar-refractivity contribution in [1.82, 2.24) is 30.7 Å². The maximum Gasteiger partial charge on any atom is 0.258 e. The lowest BCUT2D eigenvalue weighted by Crippen LogP contribution is -2.58. The van der Waals surface area contributed by atoms with E-state index in [1.54, 1.807) is 56.4 Å². The molecule has 4 heterocycles. The number of amides is 5. The maximum atomic E-state index is 14.0. The van der Waals surface area contributed by atoms with Crippen LogP contribution in [0.1, 0.15) is 44.7 Å². The molecule has 3 aliphatic heterocycles. The summed E-state index contributed by atoms with van der Waals surface area (Å²) >= 11 is 0. The molecule has 4 atom stereocenters. The van der Waals surface area contributed by atoms with Crippen molar-refractivity contribution in [2.45, 2.75) is 70.7 Å². The predicted molar refractivity (Wildman–Crippen MR) is 181 cm³/mol. The van der Waals surface area contributed by atoms with Gasteiger partial charge in [0.15, 0.2) is 6.61 Å². The van der Waals surface area contributed by atoms with Crippen LogP contribution in [-0.4, -0.2) is 95.8 Å². The molecule has 0 aliphatic carbocycles. The molecule has 0 radical (unpaired) electrons. The Morgan fingerprint density at radius 3 is 2.51 bits per heavy atom.